The normalized spacial score (nSPS) is 10.6. The van der Waals surface area contributed by atoms with Crippen molar-refractivity contribution < 1.29 is 9.47 Å². The highest BCUT2D eigenvalue weighted by Crippen LogP contribution is 2.33. The minimum Gasteiger partial charge on any atom is -0.497 e. The van der Waals surface area contributed by atoms with Crippen molar-refractivity contribution in [2.24, 2.45) is 0 Å². The number of rotatable bonds is 10. The molecule has 29 heavy (non-hydrogen) atoms. The zero-order valence-corrected chi connectivity index (χ0v) is 17.4. The molecule has 0 atom stereocenters. The van der Waals surface area contributed by atoms with Crippen molar-refractivity contribution in [3.05, 3.63) is 54.6 Å². The molecule has 2 aromatic carbocycles. The first kappa shape index (κ1) is 20.6. The maximum absolute atomic E-state index is 5.30. The van der Waals surface area contributed by atoms with Crippen molar-refractivity contribution in [2.45, 2.75) is 32.6 Å². The van der Waals surface area contributed by atoms with Crippen LogP contribution in [0.1, 0.15) is 32.6 Å². The molecule has 3 rings (SSSR count). The maximum atomic E-state index is 5.30. The van der Waals surface area contributed by atoms with E-state index in [4.69, 9.17) is 9.47 Å². The monoisotopic (exact) mass is 391 g/mol. The lowest BCUT2D eigenvalue weighted by atomic mass is 9.99. The minimum atomic E-state index is 0.796. The van der Waals surface area contributed by atoms with Gasteiger partial charge >= 0.3 is 0 Å². The zero-order chi connectivity index (χ0) is 20.5. The Kier molecular flexibility index (Phi) is 7.45. The summed E-state index contributed by atoms with van der Waals surface area (Å²) in [4.78, 5) is 0. The summed E-state index contributed by atoms with van der Waals surface area (Å²) in [5, 5.41) is 12.4. The van der Waals surface area contributed by atoms with Crippen LogP contribution in [0.3, 0.4) is 0 Å². The Hall–Kier alpha value is -3.08. The second kappa shape index (κ2) is 10.5. The molecule has 0 saturated carbocycles. The van der Waals surface area contributed by atoms with Crippen LogP contribution in [0.2, 0.25) is 0 Å². The zero-order valence-electron chi connectivity index (χ0n) is 17.4. The lowest BCUT2D eigenvalue weighted by molar-refractivity contribution is 0.414. The predicted octanol–water partition coefficient (Wildman–Crippen LogP) is 5.82. The van der Waals surface area contributed by atoms with Gasteiger partial charge in [0.25, 0.3) is 0 Å². The molecule has 0 aliphatic rings. The number of hydrogen-bond acceptors (Lipinski definition) is 5. The number of nitrogens with one attached hydrogen (secondary N) is 1. The average Bonchev–Trinajstić information content (AvgIpc) is 2.79. The quantitative estimate of drug-likeness (QED) is 0.441. The summed E-state index contributed by atoms with van der Waals surface area (Å²) >= 11 is 0. The standard InChI is InChI=1S/C24H29N3O2/c1-4-5-6-7-16-25-23-17-22(18-8-12-20(28-2)13-9-18)24(27-26-23)19-10-14-21(29-3)15-11-19/h8-15,17H,4-7,16H2,1-3H3,(H,25,26). The van der Waals surface area contributed by atoms with Crippen LogP contribution in [0, 0.1) is 0 Å². The second-order valence-electron chi connectivity index (χ2n) is 6.94. The Labute approximate surface area is 173 Å². The summed E-state index contributed by atoms with van der Waals surface area (Å²) in [6.45, 7) is 3.12. The van der Waals surface area contributed by atoms with Crippen LogP contribution >= 0.6 is 0 Å². The maximum Gasteiger partial charge on any atom is 0.149 e. The predicted molar refractivity (Wildman–Crippen MR) is 119 cm³/mol. The van der Waals surface area contributed by atoms with Crippen molar-refractivity contribution in [3.63, 3.8) is 0 Å². The summed E-state index contributed by atoms with van der Waals surface area (Å²) in [5.41, 5.74) is 3.94. The summed E-state index contributed by atoms with van der Waals surface area (Å²) < 4.78 is 10.6. The van der Waals surface area contributed by atoms with Crippen molar-refractivity contribution in [1.82, 2.24) is 10.2 Å². The van der Waals surface area contributed by atoms with E-state index in [1.54, 1.807) is 14.2 Å². The van der Waals surface area contributed by atoms with Gasteiger partial charge in [-0.05, 0) is 54.4 Å². The summed E-state index contributed by atoms with van der Waals surface area (Å²) in [6.07, 6.45) is 4.86. The van der Waals surface area contributed by atoms with Gasteiger partial charge in [0.05, 0.1) is 14.2 Å². The van der Waals surface area contributed by atoms with Gasteiger partial charge in [-0.3, -0.25) is 0 Å². The molecule has 1 aromatic heterocycles. The molecule has 1 heterocycles. The molecular formula is C24H29N3O2. The Morgan fingerprint density at radius 1 is 0.759 bits per heavy atom. The average molecular weight is 392 g/mol. The topological polar surface area (TPSA) is 56.3 Å². The van der Waals surface area contributed by atoms with E-state index >= 15 is 0 Å². The van der Waals surface area contributed by atoms with Gasteiger partial charge in [0.1, 0.15) is 23.0 Å². The van der Waals surface area contributed by atoms with Crippen molar-refractivity contribution in [1.29, 1.82) is 0 Å². The number of benzene rings is 2. The molecule has 0 spiro atoms. The molecule has 0 amide bonds. The SMILES string of the molecule is CCCCCCNc1cc(-c2ccc(OC)cc2)c(-c2ccc(OC)cc2)nn1. The molecular weight excluding hydrogens is 362 g/mol. The number of aromatic nitrogens is 2. The van der Waals surface area contributed by atoms with Crippen molar-refractivity contribution >= 4 is 5.82 Å². The third-order valence-electron chi connectivity index (χ3n) is 4.89. The number of anilines is 1. The van der Waals surface area contributed by atoms with Gasteiger partial charge in [0.2, 0.25) is 0 Å². The van der Waals surface area contributed by atoms with Gasteiger partial charge in [-0.1, -0.05) is 38.3 Å². The second-order valence-corrected chi connectivity index (χ2v) is 6.94. The van der Waals surface area contributed by atoms with E-state index in [0.29, 0.717) is 0 Å². The van der Waals surface area contributed by atoms with Crippen LogP contribution in [-0.4, -0.2) is 31.0 Å². The van der Waals surface area contributed by atoms with Gasteiger partial charge in [-0.15, -0.1) is 10.2 Å². The number of nitrogens with zero attached hydrogens (tertiary/aromatic N) is 2. The molecule has 5 heteroatoms. The fourth-order valence-electron chi connectivity index (χ4n) is 3.20. The molecule has 1 N–H and O–H groups in total. The van der Waals surface area contributed by atoms with Gasteiger partial charge in [0.15, 0.2) is 0 Å². The number of hydrogen-bond donors (Lipinski definition) is 1. The van der Waals surface area contributed by atoms with Crippen LogP contribution in [0.4, 0.5) is 5.82 Å². The van der Waals surface area contributed by atoms with Crippen molar-refractivity contribution in [3.8, 4) is 33.9 Å². The largest absolute Gasteiger partial charge is 0.497 e. The molecule has 0 fully saturated rings. The highest BCUT2D eigenvalue weighted by atomic mass is 16.5. The molecule has 0 aliphatic carbocycles. The molecule has 5 nitrogen and oxygen atoms in total. The number of methoxy groups -OCH3 is 2. The fraction of sp³-hybridized carbons (Fsp3) is 0.333. The molecule has 0 radical (unpaired) electrons. The molecule has 0 unspecified atom stereocenters. The van der Waals surface area contributed by atoms with E-state index in [1.165, 1.54) is 19.3 Å². The third kappa shape index (κ3) is 5.47. The van der Waals surface area contributed by atoms with Crippen LogP contribution in [-0.2, 0) is 0 Å². The highest BCUT2D eigenvalue weighted by Gasteiger charge is 2.12. The third-order valence-corrected chi connectivity index (χ3v) is 4.89. The summed E-state index contributed by atoms with van der Waals surface area (Å²) in [7, 11) is 3.34. The van der Waals surface area contributed by atoms with Crippen LogP contribution in [0.25, 0.3) is 22.4 Å². The summed E-state index contributed by atoms with van der Waals surface area (Å²) in [5.74, 6) is 2.44. The Balaban J connectivity index is 1.91. The van der Waals surface area contributed by atoms with Crippen LogP contribution in [0.5, 0.6) is 11.5 Å². The Bertz CT molecular complexity index is 893. The lowest BCUT2D eigenvalue weighted by Gasteiger charge is -2.12. The minimum absolute atomic E-state index is 0.796. The van der Waals surface area contributed by atoms with E-state index < -0.39 is 0 Å². The van der Waals surface area contributed by atoms with Crippen molar-refractivity contribution in [2.75, 3.05) is 26.1 Å². The van der Waals surface area contributed by atoms with E-state index in [0.717, 1.165) is 52.7 Å². The van der Waals surface area contributed by atoms with Gasteiger partial charge in [0, 0.05) is 17.7 Å². The van der Waals surface area contributed by atoms with E-state index in [9.17, 15) is 0 Å². The molecule has 0 bridgehead atoms. The fourth-order valence-corrected chi connectivity index (χ4v) is 3.20. The van der Waals surface area contributed by atoms with Gasteiger partial charge in [-0.25, -0.2) is 0 Å². The highest BCUT2D eigenvalue weighted by molar-refractivity contribution is 5.82. The van der Waals surface area contributed by atoms with Gasteiger partial charge < -0.3 is 14.8 Å². The first-order valence-electron chi connectivity index (χ1n) is 10.2. The Morgan fingerprint density at radius 2 is 1.38 bits per heavy atom. The van der Waals surface area contributed by atoms with Crippen LogP contribution < -0.4 is 14.8 Å². The van der Waals surface area contributed by atoms with E-state index in [2.05, 4.69) is 28.5 Å². The smallest absolute Gasteiger partial charge is 0.149 e. The first-order chi connectivity index (χ1) is 14.2. The number of unbranched alkanes of at least 4 members (excludes halogenated alkanes) is 3. The van der Waals surface area contributed by atoms with Crippen LogP contribution in [0.15, 0.2) is 54.6 Å². The number of ether oxygens (including phenoxy) is 2. The lowest BCUT2D eigenvalue weighted by Crippen LogP contribution is -2.05. The summed E-state index contributed by atoms with van der Waals surface area (Å²) in [6, 6.07) is 18.0. The van der Waals surface area contributed by atoms with E-state index in [-0.39, 0.29) is 0 Å². The first-order valence-corrected chi connectivity index (χ1v) is 10.2. The van der Waals surface area contributed by atoms with Gasteiger partial charge in [-0.2, -0.15) is 0 Å². The molecule has 3 aromatic rings. The Morgan fingerprint density at radius 3 is 1.97 bits per heavy atom. The molecule has 0 saturated heterocycles. The molecule has 152 valence electrons. The van der Waals surface area contributed by atoms with E-state index in [1.807, 2.05) is 48.5 Å². The molecule has 0 aliphatic heterocycles.